The second-order valence-electron chi connectivity index (χ2n) is 3.99. The van der Waals surface area contributed by atoms with E-state index in [1.165, 1.54) is 6.07 Å². The molecule has 0 aromatic heterocycles. The summed E-state index contributed by atoms with van der Waals surface area (Å²) in [4.78, 5) is 0. The molecule has 16 heavy (non-hydrogen) atoms. The molecule has 1 aliphatic rings. The van der Waals surface area contributed by atoms with Gasteiger partial charge in [0, 0.05) is 12.1 Å². The van der Waals surface area contributed by atoms with Gasteiger partial charge in [-0.1, -0.05) is 12.1 Å². The van der Waals surface area contributed by atoms with Crippen LogP contribution in [-0.4, -0.2) is 19.2 Å². The van der Waals surface area contributed by atoms with E-state index in [-0.39, 0.29) is 18.3 Å². The second-order valence-corrected chi connectivity index (χ2v) is 3.99. The number of piperidine rings is 1. The van der Waals surface area contributed by atoms with Crippen LogP contribution in [0.1, 0.15) is 18.4 Å². The minimum Gasteiger partial charge on any atom is -0.372 e. The number of hydrogen-bond acceptors (Lipinski definition) is 2. The Hall–Kier alpha value is -1.00. The van der Waals surface area contributed by atoms with Crippen molar-refractivity contribution < 1.29 is 13.5 Å². The maximum Gasteiger partial charge on any atom is 0.164 e. The average Bonchev–Trinajstić information content (AvgIpc) is 2.32. The minimum absolute atomic E-state index is 0.108. The first-order valence-corrected chi connectivity index (χ1v) is 5.52. The molecule has 2 nitrogen and oxygen atoms in total. The third kappa shape index (κ3) is 2.77. The van der Waals surface area contributed by atoms with Crippen LogP contribution < -0.4 is 5.32 Å². The molecule has 0 unspecified atom stereocenters. The summed E-state index contributed by atoms with van der Waals surface area (Å²) < 4.78 is 31.7. The van der Waals surface area contributed by atoms with Gasteiger partial charge in [0.25, 0.3) is 0 Å². The van der Waals surface area contributed by atoms with Gasteiger partial charge in [-0.25, -0.2) is 8.78 Å². The van der Waals surface area contributed by atoms with Gasteiger partial charge < -0.3 is 10.1 Å². The van der Waals surface area contributed by atoms with Gasteiger partial charge in [-0.05, 0) is 25.5 Å². The maximum absolute atomic E-state index is 13.3. The number of rotatable bonds is 3. The molecule has 1 N–H and O–H groups in total. The number of hydrogen-bond donors (Lipinski definition) is 1. The predicted molar refractivity (Wildman–Crippen MR) is 57.0 cm³/mol. The summed E-state index contributed by atoms with van der Waals surface area (Å²) in [6.07, 6.45) is 2.15. The second kappa shape index (κ2) is 5.37. The first-order chi connectivity index (χ1) is 7.77. The number of benzene rings is 1. The van der Waals surface area contributed by atoms with Crippen LogP contribution >= 0.6 is 0 Å². The fourth-order valence-corrected chi connectivity index (χ4v) is 1.83. The Balaban J connectivity index is 1.91. The zero-order chi connectivity index (χ0) is 11.4. The Morgan fingerprint density at radius 2 is 2.25 bits per heavy atom. The summed E-state index contributed by atoms with van der Waals surface area (Å²) in [7, 11) is 0. The van der Waals surface area contributed by atoms with Gasteiger partial charge in [0.1, 0.15) is 0 Å². The van der Waals surface area contributed by atoms with Crippen molar-refractivity contribution in [1.82, 2.24) is 5.32 Å². The molecule has 0 saturated carbocycles. The van der Waals surface area contributed by atoms with Gasteiger partial charge >= 0.3 is 0 Å². The first-order valence-electron chi connectivity index (χ1n) is 5.52. The van der Waals surface area contributed by atoms with Crippen molar-refractivity contribution in [3.05, 3.63) is 35.4 Å². The lowest BCUT2D eigenvalue weighted by Crippen LogP contribution is -2.35. The molecular weight excluding hydrogens is 212 g/mol. The smallest absolute Gasteiger partial charge is 0.164 e. The molecular formula is C12H15F2NO. The van der Waals surface area contributed by atoms with E-state index in [2.05, 4.69) is 5.32 Å². The predicted octanol–water partition coefficient (Wildman–Crippen LogP) is 2.23. The summed E-state index contributed by atoms with van der Waals surface area (Å²) >= 11 is 0. The maximum atomic E-state index is 13.3. The molecule has 1 aliphatic heterocycles. The fourth-order valence-electron chi connectivity index (χ4n) is 1.83. The Labute approximate surface area is 93.6 Å². The highest BCUT2D eigenvalue weighted by molar-refractivity contribution is 5.18. The molecule has 0 amide bonds. The van der Waals surface area contributed by atoms with E-state index >= 15 is 0 Å². The highest BCUT2D eigenvalue weighted by Gasteiger charge is 2.14. The molecule has 1 heterocycles. The molecule has 0 radical (unpaired) electrons. The molecule has 1 aromatic carbocycles. The summed E-state index contributed by atoms with van der Waals surface area (Å²) in [5.41, 5.74) is 0.283. The van der Waals surface area contributed by atoms with Crippen molar-refractivity contribution in [2.75, 3.05) is 13.1 Å². The lowest BCUT2D eigenvalue weighted by Gasteiger charge is -2.23. The van der Waals surface area contributed by atoms with Gasteiger partial charge in [-0.3, -0.25) is 0 Å². The molecule has 1 aromatic rings. The molecule has 0 aliphatic carbocycles. The van der Waals surface area contributed by atoms with Crippen molar-refractivity contribution in [3.63, 3.8) is 0 Å². The van der Waals surface area contributed by atoms with Crippen LogP contribution in [-0.2, 0) is 11.3 Å². The van der Waals surface area contributed by atoms with Crippen molar-refractivity contribution >= 4 is 0 Å². The molecule has 4 heteroatoms. The van der Waals surface area contributed by atoms with Crippen LogP contribution in [0.3, 0.4) is 0 Å². The van der Waals surface area contributed by atoms with Crippen LogP contribution in [0.15, 0.2) is 18.2 Å². The number of halogens is 2. The van der Waals surface area contributed by atoms with E-state index in [9.17, 15) is 8.78 Å². The van der Waals surface area contributed by atoms with E-state index in [1.54, 1.807) is 6.07 Å². The van der Waals surface area contributed by atoms with Crippen LogP contribution in [0.5, 0.6) is 0 Å². The average molecular weight is 227 g/mol. The zero-order valence-electron chi connectivity index (χ0n) is 9.01. The summed E-state index contributed by atoms with van der Waals surface area (Å²) in [6, 6.07) is 4.16. The Bertz CT molecular complexity index is 351. The number of ether oxygens (including phenoxy) is 1. The van der Waals surface area contributed by atoms with Gasteiger partial charge in [0.05, 0.1) is 12.7 Å². The summed E-state index contributed by atoms with van der Waals surface area (Å²) in [5.74, 6) is -1.62. The lowest BCUT2D eigenvalue weighted by atomic mass is 10.1. The molecule has 0 bridgehead atoms. The summed E-state index contributed by atoms with van der Waals surface area (Å²) in [6.45, 7) is 1.93. The lowest BCUT2D eigenvalue weighted by molar-refractivity contribution is 0.0237. The molecule has 88 valence electrons. The highest BCUT2D eigenvalue weighted by Crippen LogP contribution is 2.15. The quantitative estimate of drug-likeness (QED) is 0.855. The van der Waals surface area contributed by atoms with Crippen molar-refractivity contribution in [3.8, 4) is 0 Å². The minimum atomic E-state index is -0.817. The first kappa shape index (κ1) is 11.5. The van der Waals surface area contributed by atoms with E-state index in [1.807, 2.05) is 0 Å². The van der Waals surface area contributed by atoms with Gasteiger partial charge in [-0.2, -0.15) is 0 Å². The third-order valence-corrected chi connectivity index (χ3v) is 2.76. The number of nitrogens with one attached hydrogen (secondary N) is 1. The van der Waals surface area contributed by atoms with Gasteiger partial charge in [-0.15, -0.1) is 0 Å². The standard InChI is InChI=1S/C12H15F2NO/c13-11-5-1-3-9(12(11)14)8-16-10-4-2-6-15-7-10/h1,3,5,10,15H,2,4,6-8H2/t10-/m0/s1. The zero-order valence-corrected chi connectivity index (χ0v) is 9.01. The van der Waals surface area contributed by atoms with Gasteiger partial charge in [0.15, 0.2) is 11.6 Å². The van der Waals surface area contributed by atoms with Crippen molar-refractivity contribution in [2.24, 2.45) is 0 Å². The van der Waals surface area contributed by atoms with Crippen LogP contribution in [0.25, 0.3) is 0 Å². The van der Waals surface area contributed by atoms with Crippen molar-refractivity contribution in [1.29, 1.82) is 0 Å². The largest absolute Gasteiger partial charge is 0.372 e. The van der Waals surface area contributed by atoms with Crippen LogP contribution in [0, 0.1) is 11.6 Å². The highest BCUT2D eigenvalue weighted by atomic mass is 19.2. The van der Waals surface area contributed by atoms with Gasteiger partial charge in [0.2, 0.25) is 0 Å². The molecule has 0 spiro atoms. The normalized spacial score (nSPS) is 21.0. The fraction of sp³-hybridized carbons (Fsp3) is 0.500. The topological polar surface area (TPSA) is 21.3 Å². The van der Waals surface area contributed by atoms with E-state index in [4.69, 9.17) is 4.74 Å². The van der Waals surface area contributed by atoms with E-state index in [0.717, 1.165) is 32.0 Å². The molecule has 2 rings (SSSR count). The summed E-state index contributed by atoms with van der Waals surface area (Å²) in [5, 5.41) is 3.20. The Morgan fingerprint density at radius 1 is 1.38 bits per heavy atom. The van der Waals surface area contributed by atoms with E-state index < -0.39 is 11.6 Å². The molecule has 1 fully saturated rings. The van der Waals surface area contributed by atoms with E-state index in [0.29, 0.717) is 0 Å². The van der Waals surface area contributed by atoms with Crippen LogP contribution in [0.4, 0.5) is 8.78 Å². The molecule has 1 atom stereocenters. The Kier molecular flexibility index (Phi) is 3.85. The third-order valence-electron chi connectivity index (χ3n) is 2.76. The molecule has 1 saturated heterocycles. The van der Waals surface area contributed by atoms with Crippen molar-refractivity contribution in [2.45, 2.75) is 25.6 Å². The SMILES string of the molecule is Fc1cccc(CO[C@H]2CCCNC2)c1F. The van der Waals surface area contributed by atoms with Crippen LogP contribution in [0.2, 0.25) is 0 Å². The monoisotopic (exact) mass is 227 g/mol. The Morgan fingerprint density at radius 3 is 3.00 bits per heavy atom.